The zero-order chi connectivity index (χ0) is 16.1. The van der Waals surface area contributed by atoms with Gasteiger partial charge in [0.05, 0.1) is 15.7 Å². The minimum atomic E-state index is -0.0993. The van der Waals surface area contributed by atoms with Gasteiger partial charge in [-0.15, -0.1) is 0 Å². The first kappa shape index (κ1) is 16.8. The van der Waals surface area contributed by atoms with Crippen molar-refractivity contribution in [2.75, 3.05) is 24.1 Å². The number of hydrogen-bond acceptors (Lipinski definition) is 3. The first-order chi connectivity index (χ1) is 10.5. The average Bonchev–Trinajstić information content (AvgIpc) is 3.01. The molecular weight excluding hydrogens is 318 g/mol. The Hall–Kier alpha value is -1.59. The Morgan fingerprint density at radius 3 is 2.73 bits per heavy atom. The fourth-order valence-corrected chi connectivity index (χ4v) is 3.19. The van der Waals surface area contributed by atoms with Crippen LogP contribution in [0.1, 0.15) is 25.3 Å². The molecule has 4 nitrogen and oxygen atoms in total. The number of carbonyl (C=O) groups excluding carboxylic acids is 1. The van der Waals surface area contributed by atoms with Gasteiger partial charge in [0.1, 0.15) is 0 Å². The molecule has 0 spiro atoms. The van der Waals surface area contributed by atoms with Crippen molar-refractivity contribution in [2.24, 2.45) is 0 Å². The summed E-state index contributed by atoms with van der Waals surface area (Å²) < 4.78 is 0.493. The summed E-state index contributed by atoms with van der Waals surface area (Å²) in [7, 11) is 0. The van der Waals surface area contributed by atoms with Crippen molar-refractivity contribution in [3.05, 3.63) is 40.8 Å². The van der Waals surface area contributed by atoms with Gasteiger partial charge in [-0.05, 0) is 37.5 Å². The van der Waals surface area contributed by atoms with Crippen LogP contribution in [0, 0.1) is 0 Å². The molecule has 0 unspecified atom stereocenters. The highest BCUT2D eigenvalue weighted by Gasteiger charge is 2.18. The highest BCUT2D eigenvalue weighted by atomic mass is 35.5. The lowest BCUT2D eigenvalue weighted by atomic mass is 10.1. The van der Waals surface area contributed by atoms with Crippen LogP contribution in [0.15, 0.2) is 35.2 Å². The fourth-order valence-electron chi connectivity index (χ4n) is 2.34. The van der Waals surface area contributed by atoms with Gasteiger partial charge >= 0.3 is 6.03 Å². The van der Waals surface area contributed by atoms with E-state index in [9.17, 15) is 4.79 Å². The molecule has 1 aliphatic rings. The maximum Gasteiger partial charge on any atom is 0.321 e. The van der Waals surface area contributed by atoms with E-state index in [2.05, 4.69) is 11.9 Å². The van der Waals surface area contributed by atoms with E-state index in [1.54, 1.807) is 11.0 Å². The zero-order valence-electron chi connectivity index (χ0n) is 12.6. The van der Waals surface area contributed by atoms with Crippen LogP contribution in [0.5, 0.6) is 0 Å². The van der Waals surface area contributed by atoms with Crippen molar-refractivity contribution in [1.29, 1.82) is 0 Å². The number of halogens is 1. The average molecular weight is 338 g/mol. The minimum Gasteiger partial charge on any atom is -0.397 e. The fraction of sp³-hybridized carbons (Fsp3) is 0.312. The molecule has 22 heavy (non-hydrogen) atoms. The van der Waals surface area contributed by atoms with Gasteiger partial charge in [0.15, 0.2) is 0 Å². The first-order valence-electron chi connectivity index (χ1n) is 7.15. The molecule has 1 saturated heterocycles. The van der Waals surface area contributed by atoms with Crippen LogP contribution in [0.3, 0.4) is 0 Å². The van der Waals surface area contributed by atoms with Gasteiger partial charge < -0.3 is 16.0 Å². The number of anilines is 2. The van der Waals surface area contributed by atoms with E-state index >= 15 is 0 Å². The molecule has 1 aromatic rings. The maximum absolute atomic E-state index is 12.2. The van der Waals surface area contributed by atoms with E-state index in [-0.39, 0.29) is 6.03 Å². The lowest BCUT2D eigenvalue weighted by Gasteiger charge is -2.18. The molecule has 0 radical (unpaired) electrons. The number of hydrogen-bond donors (Lipinski definition) is 2. The third-order valence-corrected chi connectivity index (χ3v) is 4.60. The smallest absolute Gasteiger partial charge is 0.321 e. The van der Waals surface area contributed by atoms with Gasteiger partial charge in [-0.3, -0.25) is 0 Å². The molecule has 0 aliphatic carbocycles. The van der Waals surface area contributed by atoms with Crippen molar-refractivity contribution < 1.29 is 4.79 Å². The number of nitrogens with two attached hydrogens (primary N) is 1. The number of likely N-dealkylation sites (tertiary alicyclic amines) is 1. The van der Waals surface area contributed by atoms with Gasteiger partial charge in [-0.25, -0.2) is 4.79 Å². The number of nitrogens with one attached hydrogen (secondary N) is 1. The van der Waals surface area contributed by atoms with E-state index in [1.807, 2.05) is 25.1 Å². The zero-order valence-corrected chi connectivity index (χ0v) is 14.1. The van der Waals surface area contributed by atoms with Crippen molar-refractivity contribution >= 4 is 45.7 Å². The van der Waals surface area contributed by atoms with Crippen molar-refractivity contribution in [1.82, 2.24) is 4.90 Å². The number of carbonyl (C=O) groups is 1. The number of thioether (sulfide) groups is 1. The quantitative estimate of drug-likeness (QED) is 0.783. The van der Waals surface area contributed by atoms with E-state index in [1.165, 1.54) is 11.8 Å². The van der Waals surface area contributed by atoms with Gasteiger partial charge in [0.2, 0.25) is 0 Å². The molecule has 0 saturated carbocycles. The predicted molar refractivity (Wildman–Crippen MR) is 96.9 cm³/mol. The number of rotatable bonds is 4. The van der Waals surface area contributed by atoms with E-state index in [4.69, 9.17) is 17.3 Å². The molecule has 1 aromatic carbocycles. The molecule has 0 aromatic heterocycles. The van der Waals surface area contributed by atoms with E-state index in [0.29, 0.717) is 15.7 Å². The van der Waals surface area contributed by atoms with Crippen LogP contribution in [0.4, 0.5) is 16.2 Å². The summed E-state index contributed by atoms with van der Waals surface area (Å²) in [5.74, 6) is 0. The molecule has 6 heteroatoms. The monoisotopic (exact) mass is 337 g/mol. The van der Waals surface area contributed by atoms with Crippen LogP contribution in [-0.2, 0) is 0 Å². The predicted octanol–water partition coefficient (Wildman–Crippen LogP) is 4.70. The summed E-state index contributed by atoms with van der Waals surface area (Å²) in [5, 5.41) is 2.89. The summed E-state index contributed by atoms with van der Waals surface area (Å²) in [6.45, 7) is 7.23. The summed E-state index contributed by atoms with van der Waals surface area (Å²) in [5.41, 5.74) is 8.08. The topological polar surface area (TPSA) is 58.4 Å². The Bertz CT molecular complexity index is 609. The Morgan fingerprint density at radius 1 is 1.45 bits per heavy atom. The SMILES string of the molecule is C=C(Cl)S/C(=C\C)c1ccc(N)c(NC(=O)N2CCCC2)c1. The summed E-state index contributed by atoms with van der Waals surface area (Å²) >= 11 is 7.25. The van der Waals surface area contributed by atoms with Crippen molar-refractivity contribution in [2.45, 2.75) is 19.8 Å². The van der Waals surface area contributed by atoms with Crippen LogP contribution in [0.25, 0.3) is 4.91 Å². The molecule has 1 aliphatic heterocycles. The Kier molecular flexibility index (Phi) is 5.80. The molecule has 0 bridgehead atoms. The second-order valence-corrected chi connectivity index (χ2v) is 6.85. The van der Waals surface area contributed by atoms with Gasteiger partial charge in [-0.1, -0.05) is 42.1 Å². The molecule has 2 rings (SSSR count). The Morgan fingerprint density at radius 2 is 2.14 bits per heavy atom. The summed E-state index contributed by atoms with van der Waals surface area (Å²) in [6, 6.07) is 5.46. The number of amides is 2. The molecule has 1 heterocycles. The number of urea groups is 1. The second kappa shape index (κ2) is 7.61. The number of allylic oxidation sites excluding steroid dienone is 1. The molecule has 3 N–H and O–H groups in total. The van der Waals surface area contributed by atoms with Gasteiger partial charge in [0, 0.05) is 18.0 Å². The summed E-state index contributed by atoms with van der Waals surface area (Å²) in [6.07, 6.45) is 4.07. The highest BCUT2D eigenvalue weighted by Crippen LogP contribution is 2.36. The number of nitrogens with zero attached hydrogens (tertiary/aromatic N) is 1. The highest BCUT2D eigenvalue weighted by molar-refractivity contribution is 8.13. The third-order valence-electron chi connectivity index (χ3n) is 3.46. The molecule has 0 atom stereocenters. The second-order valence-electron chi connectivity index (χ2n) is 5.04. The summed E-state index contributed by atoms with van der Waals surface area (Å²) in [4.78, 5) is 15.0. The molecule has 118 valence electrons. The van der Waals surface area contributed by atoms with Crippen LogP contribution in [0.2, 0.25) is 0 Å². The van der Waals surface area contributed by atoms with Crippen LogP contribution >= 0.6 is 23.4 Å². The van der Waals surface area contributed by atoms with Gasteiger partial charge in [-0.2, -0.15) is 0 Å². The molecule has 2 amide bonds. The first-order valence-corrected chi connectivity index (χ1v) is 8.35. The largest absolute Gasteiger partial charge is 0.397 e. The lowest BCUT2D eigenvalue weighted by Crippen LogP contribution is -2.32. The Balaban J connectivity index is 2.19. The standard InChI is InChI=1S/C16H20ClN3OS/c1-3-15(22-11(2)17)12-6-7-13(18)14(10-12)19-16(21)20-8-4-5-9-20/h3,6-7,10H,2,4-5,8-9,18H2,1H3,(H,19,21)/b15-3-. The minimum absolute atomic E-state index is 0.0993. The van der Waals surface area contributed by atoms with E-state index in [0.717, 1.165) is 36.4 Å². The number of nitrogen functional groups attached to an aromatic ring is 1. The molecular formula is C16H20ClN3OS. The Labute approximate surface area is 140 Å². The normalized spacial score (nSPS) is 15.0. The van der Waals surface area contributed by atoms with Crippen molar-refractivity contribution in [3.63, 3.8) is 0 Å². The lowest BCUT2D eigenvalue weighted by molar-refractivity contribution is 0.222. The van der Waals surface area contributed by atoms with E-state index < -0.39 is 0 Å². The van der Waals surface area contributed by atoms with Crippen LogP contribution in [-0.4, -0.2) is 24.0 Å². The van der Waals surface area contributed by atoms with Crippen LogP contribution < -0.4 is 11.1 Å². The number of benzene rings is 1. The maximum atomic E-state index is 12.2. The van der Waals surface area contributed by atoms with Gasteiger partial charge in [0.25, 0.3) is 0 Å². The third kappa shape index (κ3) is 4.21. The molecule has 1 fully saturated rings. The van der Waals surface area contributed by atoms with Crippen molar-refractivity contribution in [3.8, 4) is 0 Å².